The number of pyridine rings is 2. The van der Waals surface area contributed by atoms with Gasteiger partial charge in [0.05, 0.1) is 5.56 Å². The number of piperazine rings is 2. The van der Waals surface area contributed by atoms with Crippen molar-refractivity contribution in [1.29, 1.82) is 5.26 Å². The third-order valence-electron chi connectivity index (χ3n) is 8.71. The van der Waals surface area contributed by atoms with Crippen LogP contribution in [0.1, 0.15) is 17.5 Å². The van der Waals surface area contributed by atoms with Gasteiger partial charge in [0.1, 0.15) is 34.9 Å². The minimum Gasteiger partial charge on any atom is -0.508 e. The number of hydrogen-bond donors (Lipinski definition) is 2. The second-order valence-corrected chi connectivity index (χ2v) is 11.2. The number of piperidine rings is 1. The fraction of sp³-hybridized carbons (Fsp3) is 0.367. The highest BCUT2D eigenvalue weighted by atomic mass is 19.1. The average Bonchev–Trinajstić information content (AvgIpc) is 3.42. The maximum absolute atomic E-state index is 13.7. The Kier molecular flexibility index (Phi) is 6.06. The van der Waals surface area contributed by atoms with Crippen LogP contribution in [0.5, 0.6) is 5.75 Å². The number of rotatable bonds is 5. The van der Waals surface area contributed by atoms with Crippen LogP contribution in [-0.2, 0) is 6.54 Å². The summed E-state index contributed by atoms with van der Waals surface area (Å²) in [5.74, 6) is 1.74. The number of nitrogens with zero attached hydrogens (tertiary/aromatic N) is 7. The van der Waals surface area contributed by atoms with Crippen LogP contribution in [0.2, 0.25) is 0 Å². The summed E-state index contributed by atoms with van der Waals surface area (Å²) in [4.78, 5) is 22.1. The Hall–Kier alpha value is -4.20. The van der Waals surface area contributed by atoms with Crippen LogP contribution >= 0.6 is 0 Å². The molecule has 0 saturated carbocycles. The first-order valence-corrected chi connectivity index (χ1v) is 13.8. The average molecular weight is 539 g/mol. The highest BCUT2D eigenvalue weighted by Gasteiger charge is 2.45. The van der Waals surface area contributed by atoms with E-state index in [0.717, 1.165) is 79.5 Å². The number of likely N-dealkylation sites (N-methyl/N-ethyl adjacent to an activating group) is 1. The van der Waals surface area contributed by atoms with Crippen LogP contribution in [0.3, 0.4) is 0 Å². The zero-order valence-electron chi connectivity index (χ0n) is 22.4. The topological polar surface area (TPSA) is 98.6 Å². The summed E-state index contributed by atoms with van der Waals surface area (Å²) in [6, 6.07) is 13.3. The van der Waals surface area contributed by atoms with Gasteiger partial charge in [-0.3, -0.25) is 4.90 Å². The van der Waals surface area contributed by atoms with Gasteiger partial charge in [-0.25, -0.2) is 14.4 Å². The molecule has 0 spiro atoms. The molecule has 0 radical (unpaired) electrons. The van der Waals surface area contributed by atoms with E-state index in [1.165, 1.54) is 18.2 Å². The number of nitriles is 1. The number of fused-ring (bicyclic) bond motifs is 3. The maximum atomic E-state index is 13.7. The van der Waals surface area contributed by atoms with Crippen molar-refractivity contribution in [2.24, 2.45) is 0 Å². The normalized spacial score (nSPS) is 21.4. The molecule has 2 unspecified atom stereocenters. The zero-order chi connectivity index (χ0) is 27.4. The van der Waals surface area contributed by atoms with Crippen molar-refractivity contribution in [2.75, 3.05) is 56.1 Å². The van der Waals surface area contributed by atoms with Crippen LogP contribution in [0, 0.1) is 17.1 Å². The predicted molar refractivity (Wildman–Crippen MR) is 152 cm³/mol. The second-order valence-electron chi connectivity index (χ2n) is 11.2. The van der Waals surface area contributed by atoms with E-state index in [2.05, 4.69) is 48.8 Å². The zero-order valence-corrected chi connectivity index (χ0v) is 22.4. The molecule has 2 N–H and O–H groups in total. The smallest absolute Gasteiger partial charge is 0.139 e. The third-order valence-corrected chi connectivity index (χ3v) is 8.71. The summed E-state index contributed by atoms with van der Waals surface area (Å²) in [6.07, 6.45) is 4.59. The summed E-state index contributed by atoms with van der Waals surface area (Å²) in [7, 11) is 2.14. The molecule has 0 amide bonds. The highest BCUT2D eigenvalue weighted by Crippen LogP contribution is 2.38. The molecule has 7 heterocycles. The summed E-state index contributed by atoms with van der Waals surface area (Å²) in [6.45, 7) is 6.10. The number of anilines is 2. The van der Waals surface area contributed by atoms with Crippen molar-refractivity contribution >= 4 is 22.7 Å². The second kappa shape index (κ2) is 9.77. The summed E-state index contributed by atoms with van der Waals surface area (Å²) in [5.41, 5.74) is 3.67. The van der Waals surface area contributed by atoms with E-state index in [4.69, 9.17) is 4.98 Å². The number of nitrogens with one attached hydrogen (secondary N) is 1. The quantitative estimate of drug-likeness (QED) is 0.398. The Morgan fingerprint density at radius 2 is 1.82 bits per heavy atom. The van der Waals surface area contributed by atoms with Gasteiger partial charge < -0.3 is 24.8 Å². The first-order valence-electron chi connectivity index (χ1n) is 13.8. The Morgan fingerprint density at radius 1 is 1.02 bits per heavy atom. The molecule has 10 heteroatoms. The lowest BCUT2D eigenvalue weighted by Crippen LogP contribution is -2.68. The fourth-order valence-corrected chi connectivity index (χ4v) is 6.41. The molecule has 2 bridgehead atoms. The van der Waals surface area contributed by atoms with Crippen molar-refractivity contribution in [1.82, 2.24) is 24.8 Å². The standard InChI is InChI=1S/C30H31FN8O/c1-36-6-8-37(9-7-36)28-12-25-29(21(13-32)15-34-30(25)35-28)19-2-5-27(33-14-19)38-17-23-11-24(18-38)39(23)16-20-10-22(31)3-4-26(20)40/h2-5,10,12,14-15,23-24,40H,6-9,11,16-18H2,1H3,(H,34,35). The number of hydrogen-bond acceptors (Lipinski definition) is 8. The van der Waals surface area contributed by atoms with Gasteiger partial charge in [-0.1, -0.05) is 0 Å². The lowest BCUT2D eigenvalue weighted by atomic mass is 9.86. The van der Waals surface area contributed by atoms with Crippen molar-refractivity contribution < 1.29 is 9.50 Å². The number of aromatic amines is 1. The van der Waals surface area contributed by atoms with Gasteiger partial charge >= 0.3 is 0 Å². The number of aromatic nitrogens is 3. The molecule has 4 saturated heterocycles. The molecule has 4 aliphatic rings. The van der Waals surface area contributed by atoms with E-state index < -0.39 is 0 Å². The molecule has 2 atom stereocenters. The van der Waals surface area contributed by atoms with E-state index in [-0.39, 0.29) is 11.6 Å². The van der Waals surface area contributed by atoms with Crippen molar-refractivity contribution in [2.45, 2.75) is 25.0 Å². The number of aromatic hydroxyl groups is 1. The number of halogens is 1. The Balaban J connectivity index is 1.10. The molecular weight excluding hydrogens is 507 g/mol. The SMILES string of the molecule is CN1CCN(c2cc3c(-c4ccc(N5CC6CC(C5)N6Cc5cc(F)ccc5O)nc4)c(C#N)cnc3[nH]2)CC1. The van der Waals surface area contributed by atoms with Crippen molar-refractivity contribution in [3.05, 3.63) is 65.7 Å². The first kappa shape index (κ1) is 24.8. The van der Waals surface area contributed by atoms with E-state index in [1.54, 1.807) is 6.20 Å². The molecule has 4 aliphatic heterocycles. The van der Waals surface area contributed by atoms with Crippen molar-refractivity contribution in [3.63, 3.8) is 0 Å². The Morgan fingerprint density at radius 3 is 2.55 bits per heavy atom. The Bertz CT molecular complexity index is 1590. The molecule has 3 aromatic heterocycles. The van der Waals surface area contributed by atoms with Crippen LogP contribution in [0.25, 0.3) is 22.2 Å². The minimum atomic E-state index is -0.328. The van der Waals surface area contributed by atoms with Gasteiger partial charge in [0.2, 0.25) is 0 Å². The van der Waals surface area contributed by atoms with Gasteiger partial charge in [0.25, 0.3) is 0 Å². The lowest BCUT2D eigenvalue weighted by Gasteiger charge is -2.56. The molecule has 1 aromatic carbocycles. The third kappa shape index (κ3) is 4.31. The Labute approximate surface area is 232 Å². The van der Waals surface area contributed by atoms with Gasteiger partial charge in [-0.2, -0.15) is 5.26 Å². The number of H-pyrrole nitrogens is 1. The van der Waals surface area contributed by atoms with Crippen LogP contribution in [0.15, 0.2) is 48.8 Å². The van der Waals surface area contributed by atoms with E-state index in [1.807, 2.05) is 18.3 Å². The first-order chi connectivity index (χ1) is 19.5. The summed E-state index contributed by atoms with van der Waals surface area (Å²) in [5, 5.41) is 21.0. The number of phenolic OH excluding ortho intramolecular Hbond substituents is 1. The van der Waals surface area contributed by atoms with E-state index >= 15 is 0 Å². The van der Waals surface area contributed by atoms with Gasteiger partial charge in [0.15, 0.2) is 0 Å². The van der Waals surface area contributed by atoms with Gasteiger partial charge in [-0.05, 0) is 49.9 Å². The van der Waals surface area contributed by atoms with Crippen molar-refractivity contribution in [3.8, 4) is 22.9 Å². The van der Waals surface area contributed by atoms with E-state index in [9.17, 15) is 14.8 Å². The predicted octanol–water partition coefficient (Wildman–Crippen LogP) is 3.56. The van der Waals surface area contributed by atoms with Crippen LogP contribution in [0.4, 0.5) is 16.0 Å². The number of benzene rings is 1. The fourth-order valence-electron chi connectivity index (χ4n) is 6.41. The summed E-state index contributed by atoms with van der Waals surface area (Å²) < 4.78 is 13.7. The van der Waals surface area contributed by atoms with Gasteiger partial charge in [0, 0.05) is 92.4 Å². The molecule has 4 fully saturated rings. The van der Waals surface area contributed by atoms with Gasteiger partial charge in [-0.15, -0.1) is 0 Å². The lowest BCUT2D eigenvalue weighted by molar-refractivity contribution is -0.00921. The monoisotopic (exact) mass is 538 g/mol. The highest BCUT2D eigenvalue weighted by molar-refractivity contribution is 5.98. The number of phenols is 1. The molecule has 0 aliphatic carbocycles. The maximum Gasteiger partial charge on any atom is 0.139 e. The molecule has 204 valence electrons. The molecular formula is C30H31FN8O. The minimum absolute atomic E-state index is 0.139. The molecule has 40 heavy (non-hydrogen) atoms. The van der Waals surface area contributed by atoms with E-state index in [0.29, 0.717) is 29.8 Å². The largest absolute Gasteiger partial charge is 0.508 e. The molecule has 9 nitrogen and oxygen atoms in total. The van der Waals surface area contributed by atoms with Crippen LogP contribution in [-0.4, -0.2) is 88.3 Å². The summed E-state index contributed by atoms with van der Waals surface area (Å²) >= 11 is 0. The van der Waals surface area contributed by atoms with Crippen LogP contribution < -0.4 is 9.80 Å². The molecule has 4 aromatic rings. The molecule has 8 rings (SSSR count).